The Balaban J connectivity index is 4.09. The predicted molar refractivity (Wildman–Crippen MR) is 181 cm³/mol. The molecule has 0 aromatic heterocycles. The Morgan fingerprint density at radius 1 is 0.578 bits per heavy atom. The molecule has 0 fully saturated rings. The lowest BCUT2D eigenvalue weighted by Gasteiger charge is -2.18. The van der Waals surface area contributed by atoms with Crippen molar-refractivity contribution >= 4 is 23.8 Å². The molecule has 45 heavy (non-hydrogen) atoms. The summed E-state index contributed by atoms with van der Waals surface area (Å²) >= 11 is 0. The fraction of sp³-hybridized carbons (Fsp3) is 0.889. The predicted octanol–water partition coefficient (Wildman–Crippen LogP) is 7.76. The number of ether oxygens (including phenoxy) is 1. The molecule has 0 aromatic carbocycles. The van der Waals surface area contributed by atoms with Crippen molar-refractivity contribution in [1.82, 2.24) is 10.6 Å². The molecular weight excluding hydrogens is 572 g/mol. The zero-order valence-electron chi connectivity index (χ0n) is 28.9. The van der Waals surface area contributed by atoms with E-state index in [4.69, 9.17) is 14.9 Å². The average Bonchev–Trinajstić information content (AvgIpc) is 3.02. The van der Waals surface area contributed by atoms with E-state index in [0.717, 1.165) is 51.4 Å². The number of hydrogen-bond acceptors (Lipinski definition) is 6. The molecule has 0 radical (unpaired) electrons. The van der Waals surface area contributed by atoms with Crippen LogP contribution in [-0.4, -0.2) is 59.3 Å². The molecule has 0 spiro atoms. The van der Waals surface area contributed by atoms with Gasteiger partial charge in [0.2, 0.25) is 11.8 Å². The van der Waals surface area contributed by atoms with Gasteiger partial charge in [0.1, 0.15) is 12.1 Å². The number of aliphatic hydroxyl groups excluding tert-OH is 1. The third kappa shape index (κ3) is 29.0. The molecule has 264 valence electrons. The summed E-state index contributed by atoms with van der Waals surface area (Å²) in [4.78, 5) is 47.2. The number of unbranched alkanes of at least 4 members (excludes halogenated alkanes) is 19. The first-order valence-corrected chi connectivity index (χ1v) is 18.4. The summed E-state index contributed by atoms with van der Waals surface area (Å²) in [7, 11) is 0. The van der Waals surface area contributed by atoms with Crippen molar-refractivity contribution in [2.75, 3.05) is 13.2 Å². The quantitative estimate of drug-likeness (QED) is 0.0424. The van der Waals surface area contributed by atoms with Crippen LogP contribution in [0.5, 0.6) is 0 Å². The largest absolute Gasteiger partial charge is 0.480 e. The lowest BCUT2D eigenvalue weighted by atomic mass is 10.0. The summed E-state index contributed by atoms with van der Waals surface area (Å²) in [5, 5.41) is 22.4. The standard InChI is InChI=1S/C36H68N2O7/c1-3-5-7-9-10-11-12-13-14-15-16-18-24-28-35(42)45-31(25-21-17-8-6-4-2)26-22-19-20-23-27-33(40)37-29-34(41)38-32(30-39)36(43)44/h31-32,39H,3-30H2,1-2H3,(H,37,40)(H,38,41)(H,43,44). The molecule has 4 N–H and O–H groups in total. The minimum atomic E-state index is -1.38. The highest BCUT2D eigenvalue weighted by molar-refractivity contribution is 5.87. The number of nitrogens with one attached hydrogen (secondary N) is 2. The van der Waals surface area contributed by atoms with Crippen molar-refractivity contribution < 1.29 is 34.1 Å². The highest BCUT2D eigenvalue weighted by Gasteiger charge is 2.19. The van der Waals surface area contributed by atoms with Crippen LogP contribution in [0.1, 0.15) is 181 Å². The van der Waals surface area contributed by atoms with Gasteiger partial charge in [-0.25, -0.2) is 4.79 Å². The van der Waals surface area contributed by atoms with Crippen molar-refractivity contribution in [3.63, 3.8) is 0 Å². The van der Waals surface area contributed by atoms with Crippen LogP contribution in [0, 0.1) is 0 Å². The lowest BCUT2D eigenvalue weighted by Crippen LogP contribution is -2.47. The third-order valence-electron chi connectivity index (χ3n) is 8.35. The first kappa shape index (κ1) is 42.8. The van der Waals surface area contributed by atoms with Crippen molar-refractivity contribution in [3.05, 3.63) is 0 Å². The molecule has 9 nitrogen and oxygen atoms in total. The first-order chi connectivity index (χ1) is 21.8. The SMILES string of the molecule is CCCCCCCCCCCCCCCC(=O)OC(CCCCCCC)CCCCCCC(=O)NCC(=O)NC(CO)C(=O)O. The summed E-state index contributed by atoms with van der Waals surface area (Å²) < 4.78 is 5.92. The number of aliphatic carboxylic acids is 1. The lowest BCUT2D eigenvalue weighted by molar-refractivity contribution is -0.150. The number of aliphatic hydroxyl groups is 1. The van der Waals surface area contributed by atoms with Crippen molar-refractivity contribution in [2.24, 2.45) is 0 Å². The van der Waals surface area contributed by atoms with Gasteiger partial charge in [0, 0.05) is 12.8 Å². The summed E-state index contributed by atoms with van der Waals surface area (Å²) in [5.74, 6) is -2.33. The van der Waals surface area contributed by atoms with Gasteiger partial charge in [0.25, 0.3) is 0 Å². The smallest absolute Gasteiger partial charge is 0.328 e. The molecule has 0 rings (SSSR count). The van der Waals surface area contributed by atoms with Crippen molar-refractivity contribution in [1.29, 1.82) is 0 Å². The van der Waals surface area contributed by atoms with E-state index in [1.54, 1.807) is 0 Å². The fourth-order valence-corrected chi connectivity index (χ4v) is 5.48. The summed E-state index contributed by atoms with van der Waals surface area (Å²) in [6, 6.07) is -1.38. The molecule has 0 saturated carbocycles. The van der Waals surface area contributed by atoms with E-state index in [2.05, 4.69) is 24.5 Å². The second-order valence-electron chi connectivity index (χ2n) is 12.7. The van der Waals surface area contributed by atoms with Crippen LogP contribution in [0.2, 0.25) is 0 Å². The van der Waals surface area contributed by atoms with Gasteiger partial charge in [-0.05, 0) is 38.5 Å². The van der Waals surface area contributed by atoms with Gasteiger partial charge in [0.05, 0.1) is 13.2 Å². The maximum atomic E-state index is 12.6. The van der Waals surface area contributed by atoms with E-state index in [0.29, 0.717) is 12.8 Å². The Hall–Kier alpha value is -2.16. The van der Waals surface area contributed by atoms with E-state index in [1.807, 2.05) is 0 Å². The normalized spacial score (nSPS) is 12.4. The van der Waals surface area contributed by atoms with Crippen LogP contribution < -0.4 is 10.6 Å². The molecule has 0 aliphatic heterocycles. The molecule has 0 aliphatic carbocycles. The van der Waals surface area contributed by atoms with E-state index in [9.17, 15) is 19.2 Å². The van der Waals surface area contributed by atoms with Gasteiger partial charge in [-0.3, -0.25) is 14.4 Å². The second kappa shape index (κ2) is 31.8. The van der Waals surface area contributed by atoms with Gasteiger partial charge in [-0.15, -0.1) is 0 Å². The number of hydrogen-bond donors (Lipinski definition) is 4. The van der Waals surface area contributed by atoms with Gasteiger partial charge in [-0.2, -0.15) is 0 Å². The van der Waals surface area contributed by atoms with Crippen LogP contribution in [0.15, 0.2) is 0 Å². The van der Waals surface area contributed by atoms with Gasteiger partial charge < -0.3 is 25.6 Å². The topological polar surface area (TPSA) is 142 Å². The van der Waals surface area contributed by atoms with E-state index in [-0.39, 0.29) is 30.9 Å². The molecule has 0 aliphatic rings. The minimum Gasteiger partial charge on any atom is -0.480 e. The molecule has 0 aromatic rings. The second-order valence-corrected chi connectivity index (χ2v) is 12.7. The summed E-state index contributed by atoms with van der Waals surface area (Å²) in [5.41, 5.74) is 0. The molecular formula is C36H68N2O7. The number of rotatable bonds is 33. The number of esters is 1. The number of carboxylic acids is 1. The number of carbonyl (C=O) groups is 4. The number of carbonyl (C=O) groups excluding carboxylic acids is 3. The molecule has 0 saturated heterocycles. The van der Waals surface area contributed by atoms with Crippen LogP contribution in [0.4, 0.5) is 0 Å². The highest BCUT2D eigenvalue weighted by Crippen LogP contribution is 2.18. The number of amides is 2. The monoisotopic (exact) mass is 641 g/mol. The van der Waals surface area contributed by atoms with E-state index < -0.39 is 24.5 Å². The minimum absolute atomic E-state index is 0.0311. The van der Waals surface area contributed by atoms with Gasteiger partial charge in [0.15, 0.2) is 0 Å². The van der Waals surface area contributed by atoms with Gasteiger partial charge >= 0.3 is 11.9 Å². The highest BCUT2D eigenvalue weighted by atomic mass is 16.5. The maximum Gasteiger partial charge on any atom is 0.328 e. The van der Waals surface area contributed by atoms with Crippen LogP contribution in [-0.2, 0) is 23.9 Å². The van der Waals surface area contributed by atoms with Crippen molar-refractivity contribution in [3.8, 4) is 0 Å². The Morgan fingerprint density at radius 3 is 1.44 bits per heavy atom. The van der Waals surface area contributed by atoms with Crippen LogP contribution >= 0.6 is 0 Å². The Morgan fingerprint density at radius 2 is 1.00 bits per heavy atom. The van der Waals surface area contributed by atoms with Gasteiger partial charge in [-0.1, -0.05) is 129 Å². The van der Waals surface area contributed by atoms with E-state index >= 15 is 0 Å². The fourth-order valence-electron chi connectivity index (χ4n) is 5.48. The maximum absolute atomic E-state index is 12.6. The third-order valence-corrected chi connectivity index (χ3v) is 8.35. The Labute approximate surface area is 274 Å². The molecule has 2 atom stereocenters. The molecule has 0 bridgehead atoms. The van der Waals surface area contributed by atoms with Crippen LogP contribution in [0.3, 0.4) is 0 Å². The average molecular weight is 641 g/mol. The molecule has 2 amide bonds. The Bertz CT molecular complexity index is 747. The van der Waals surface area contributed by atoms with Crippen LogP contribution in [0.25, 0.3) is 0 Å². The van der Waals surface area contributed by atoms with E-state index in [1.165, 1.54) is 96.3 Å². The zero-order valence-corrected chi connectivity index (χ0v) is 28.9. The molecule has 0 heterocycles. The number of carboxylic acid groups (broad SMARTS) is 1. The molecule has 2 unspecified atom stereocenters. The summed E-state index contributed by atoms with van der Waals surface area (Å²) in [6.45, 7) is 3.42. The van der Waals surface area contributed by atoms with Crippen molar-refractivity contribution in [2.45, 2.75) is 193 Å². The summed E-state index contributed by atoms with van der Waals surface area (Å²) in [6.07, 6.45) is 28.6. The zero-order chi connectivity index (χ0) is 33.4. The molecule has 9 heteroatoms. The Kier molecular flexibility index (Phi) is 30.3. The first-order valence-electron chi connectivity index (χ1n) is 18.4.